The van der Waals surface area contributed by atoms with Gasteiger partial charge in [-0.3, -0.25) is 10.1 Å². The van der Waals surface area contributed by atoms with Gasteiger partial charge in [-0.2, -0.15) is 0 Å². The molecule has 5 nitrogen and oxygen atoms in total. The normalized spacial score (nSPS) is 12.0. The van der Waals surface area contributed by atoms with Crippen LogP contribution in [-0.4, -0.2) is 10.0 Å². The highest BCUT2D eigenvalue weighted by molar-refractivity contribution is 9.11. The van der Waals surface area contributed by atoms with Crippen LogP contribution in [0.3, 0.4) is 0 Å². The Bertz CT molecular complexity index is 689. The van der Waals surface area contributed by atoms with Crippen molar-refractivity contribution in [2.45, 2.75) is 13.0 Å². The van der Waals surface area contributed by atoms with Gasteiger partial charge in [-0.25, -0.2) is 0 Å². The van der Waals surface area contributed by atoms with Crippen LogP contribution in [0, 0.1) is 10.1 Å². The molecule has 2 aromatic rings. The van der Waals surface area contributed by atoms with Crippen LogP contribution in [-0.2, 0) is 0 Å². The smallest absolute Gasteiger partial charge is 0.287 e. The molecule has 0 aromatic heterocycles. The van der Waals surface area contributed by atoms with E-state index in [9.17, 15) is 15.2 Å². The number of nitro benzene ring substituents is 1. The molecule has 1 atom stereocenters. The van der Waals surface area contributed by atoms with Crippen molar-refractivity contribution in [3.63, 3.8) is 0 Å². The summed E-state index contributed by atoms with van der Waals surface area (Å²) in [6.45, 7) is 1.66. The molecule has 0 saturated carbocycles. The fourth-order valence-electron chi connectivity index (χ4n) is 1.76. The number of ether oxygens (including phenoxy) is 1. The molecule has 110 valence electrons. The van der Waals surface area contributed by atoms with E-state index in [0.29, 0.717) is 16.0 Å². The summed E-state index contributed by atoms with van der Waals surface area (Å²) in [6, 6.07) is 9.70. The monoisotopic (exact) mass is 415 g/mol. The van der Waals surface area contributed by atoms with Gasteiger partial charge in [0.15, 0.2) is 0 Å². The first-order chi connectivity index (χ1) is 9.90. The maximum atomic E-state index is 10.9. The van der Waals surface area contributed by atoms with E-state index in [1.54, 1.807) is 37.3 Å². The highest BCUT2D eigenvalue weighted by Gasteiger charge is 2.17. The van der Waals surface area contributed by atoms with Crippen molar-refractivity contribution in [1.82, 2.24) is 0 Å². The summed E-state index contributed by atoms with van der Waals surface area (Å²) in [7, 11) is 0. The summed E-state index contributed by atoms with van der Waals surface area (Å²) in [5.74, 6) is 0.855. The zero-order valence-electron chi connectivity index (χ0n) is 10.9. The lowest BCUT2D eigenvalue weighted by atomic mass is 10.1. The van der Waals surface area contributed by atoms with Gasteiger partial charge in [0.05, 0.1) is 11.0 Å². The Hall–Kier alpha value is -1.44. The van der Waals surface area contributed by atoms with Crippen LogP contribution in [0.2, 0.25) is 0 Å². The van der Waals surface area contributed by atoms with E-state index in [0.717, 1.165) is 5.56 Å². The molecular formula is C14H11Br2NO4. The minimum atomic E-state index is -0.599. The maximum absolute atomic E-state index is 10.9. The highest BCUT2D eigenvalue weighted by atomic mass is 79.9. The molecule has 7 heteroatoms. The second kappa shape index (κ2) is 6.55. The van der Waals surface area contributed by atoms with E-state index in [4.69, 9.17) is 4.74 Å². The highest BCUT2D eigenvalue weighted by Crippen LogP contribution is 2.37. The minimum Gasteiger partial charge on any atom is -0.456 e. The van der Waals surface area contributed by atoms with Gasteiger partial charge in [0.2, 0.25) is 0 Å². The molecule has 1 N–H and O–H groups in total. The number of aliphatic hydroxyl groups is 1. The van der Waals surface area contributed by atoms with Crippen molar-refractivity contribution in [2.75, 3.05) is 0 Å². The number of aliphatic hydroxyl groups excluding tert-OH is 1. The van der Waals surface area contributed by atoms with Crippen LogP contribution < -0.4 is 4.74 Å². The van der Waals surface area contributed by atoms with Gasteiger partial charge in [0.25, 0.3) is 5.69 Å². The summed E-state index contributed by atoms with van der Waals surface area (Å²) in [4.78, 5) is 10.4. The number of nitro groups is 1. The zero-order chi connectivity index (χ0) is 15.6. The van der Waals surface area contributed by atoms with Gasteiger partial charge >= 0.3 is 0 Å². The quantitative estimate of drug-likeness (QED) is 0.564. The van der Waals surface area contributed by atoms with Crippen molar-refractivity contribution < 1.29 is 14.8 Å². The van der Waals surface area contributed by atoms with Gasteiger partial charge in [-0.1, -0.05) is 28.1 Å². The molecule has 0 aliphatic heterocycles. The number of rotatable bonds is 4. The first-order valence-electron chi connectivity index (χ1n) is 5.98. The molecule has 0 saturated heterocycles. The van der Waals surface area contributed by atoms with Crippen molar-refractivity contribution in [3.05, 3.63) is 61.0 Å². The average Bonchev–Trinajstić information content (AvgIpc) is 2.40. The molecule has 0 amide bonds. The van der Waals surface area contributed by atoms with Crippen molar-refractivity contribution in [1.29, 1.82) is 0 Å². The summed E-state index contributed by atoms with van der Waals surface area (Å²) in [6.07, 6.45) is -0.599. The number of hydrogen-bond acceptors (Lipinski definition) is 4. The Labute approximate surface area is 138 Å². The molecule has 0 fully saturated rings. The molecule has 2 rings (SSSR count). The molecule has 0 radical (unpaired) electrons. The fourth-order valence-corrected chi connectivity index (χ4v) is 2.94. The van der Waals surface area contributed by atoms with Crippen LogP contribution in [0.5, 0.6) is 11.5 Å². The van der Waals surface area contributed by atoms with Crippen molar-refractivity contribution in [3.8, 4) is 11.5 Å². The molecular weight excluding hydrogens is 406 g/mol. The third kappa shape index (κ3) is 3.61. The second-order valence-electron chi connectivity index (χ2n) is 4.31. The Morgan fingerprint density at radius 3 is 2.57 bits per heavy atom. The largest absolute Gasteiger partial charge is 0.456 e. The molecule has 0 unspecified atom stereocenters. The molecule has 21 heavy (non-hydrogen) atoms. The Balaban J connectivity index is 2.33. The minimum absolute atomic E-state index is 0.0628. The van der Waals surface area contributed by atoms with Gasteiger partial charge in [-0.15, -0.1) is 0 Å². The Kier molecular flexibility index (Phi) is 4.97. The Morgan fingerprint density at radius 2 is 2.00 bits per heavy atom. The van der Waals surface area contributed by atoms with E-state index in [1.807, 2.05) is 0 Å². The maximum Gasteiger partial charge on any atom is 0.287 e. The van der Waals surface area contributed by atoms with Gasteiger partial charge < -0.3 is 9.84 Å². The first-order valence-corrected chi connectivity index (χ1v) is 7.57. The third-order valence-electron chi connectivity index (χ3n) is 2.79. The van der Waals surface area contributed by atoms with Crippen LogP contribution in [0.15, 0.2) is 45.3 Å². The molecule has 0 heterocycles. The van der Waals surface area contributed by atoms with E-state index >= 15 is 0 Å². The van der Waals surface area contributed by atoms with Crippen LogP contribution >= 0.6 is 31.9 Å². The van der Waals surface area contributed by atoms with E-state index in [-0.39, 0.29) is 10.2 Å². The SMILES string of the molecule is C[C@H](O)c1ccc(Oc2cccc([N+](=O)[O-])c2Br)cc1Br. The standard InChI is InChI=1S/C14H11Br2NO4/c1-8(18)10-6-5-9(7-11(10)15)21-13-4-2-3-12(14(13)16)17(19)20/h2-8,18H,1H3/t8-/m0/s1. The topological polar surface area (TPSA) is 72.6 Å². The predicted octanol–water partition coefficient (Wildman–Crippen LogP) is 4.97. The van der Waals surface area contributed by atoms with E-state index < -0.39 is 11.0 Å². The number of nitrogens with zero attached hydrogens (tertiary/aromatic N) is 1. The summed E-state index contributed by atoms with van der Waals surface area (Å²) in [5, 5.41) is 20.5. The van der Waals surface area contributed by atoms with Gasteiger partial charge in [-0.05, 0) is 46.6 Å². The van der Waals surface area contributed by atoms with Crippen LogP contribution in [0.4, 0.5) is 5.69 Å². The first kappa shape index (κ1) is 15.9. The number of halogens is 2. The van der Waals surface area contributed by atoms with Crippen molar-refractivity contribution in [2.24, 2.45) is 0 Å². The fraction of sp³-hybridized carbons (Fsp3) is 0.143. The van der Waals surface area contributed by atoms with Crippen molar-refractivity contribution >= 4 is 37.5 Å². The van der Waals surface area contributed by atoms with E-state index in [1.165, 1.54) is 6.07 Å². The molecule has 2 aromatic carbocycles. The lowest BCUT2D eigenvalue weighted by molar-refractivity contribution is -0.385. The molecule has 0 spiro atoms. The lowest BCUT2D eigenvalue weighted by Gasteiger charge is -2.11. The predicted molar refractivity (Wildman–Crippen MR) is 85.6 cm³/mol. The second-order valence-corrected chi connectivity index (χ2v) is 5.96. The van der Waals surface area contributed by atoms with Gasteiger partial charge in [0, 0.05) is 10.5 Å². The summed E-state index contributed by atoms with van der Waals surface area (Å²) in [5.41, 5.74) is 0.674. The van der Waals surface area contributed by atoms with Gasteiger partial charge in [0.1, 0.15) is 16.0 Å². The summed E-state index contributed by atoms with van der Waals surface area (Å²) < 4.78 is 6.64. The number of hydrogen-bond donors (Lipinski definition) is 1. The molecule has 0 aliphatic rings. The third-order valence-corrected chi connectivity index (χ3v) is 4.27. The molecule has 0 bridgehead atoms. The molecule has 0 aliphatic carbocycles. The summed E-state index contributed by atoms with van der Waals surface area (Å²) >= 11 is 6.53. The number of benzene rings is 2. The average molecular weight is 417 g/mol. The van der Waals surface area contributed by atoms with E-state index in [2.05, 4.69) is 31.9 Å². The Morgan fingerprint density at radius 1 is 1.29 bits per heavy atom. The lowest BCUT2D eigenvalue weighted by Crippen LogP contribution is -1.94. The zero-order valence-corrected chi connectivity index (χ0v) is 14.1. The van der Waals surface area contributed by atoms with Crippen LogP contribution in [0.1, 0.15) is 18.6 Å². The van der Waals surface area contributed by atoms with Crippen LogP contribution in [0.25, 0.3) is 0 Å².